The summed E-state index contributed by atoms with van der Waals surface area (Å²) in [5.74, 6) is -0.977. The molecule has 0 fully saturated rings. The number of amides is 1. The highest BCUT2D eigenvalue weighted by atomic mass is 35.5. The molecule has 7 nitrogen and oxygen atoms in total. The van der Waals surface area contributed by atoms with Crippen LogP contribution in [0.4, 0.5) is 5.69 Å². The van der Waals surface area contributed by atoms with E-state index in [1.807, 2.05) is 0 Å². The molecular formula is C12H12Cl2N2O5. The van der Waals surface area contributed by atoms with Gasteiger partial charge in [0.15, 0.2) is 0 Å². The van der Waals surface area contributed by atoms with Crippen LogP contribution < -0.4 is 0 Å². The third kappa shape index (κ3) is 4.30. The molecule has 0 aliphatic heterocycles. The predicted octanol–water partition coefficient (Wildman–Crippen LogP) is 2.54. The van der Waals surface area contributed by atoms with Gasteiger partial charge in [-0.05, 0) is 6.07 Å². The lowest BCUT2D eigenvalue weighted by atomic mass is 10.1. The number of esters is 1. The van der Waals surface area contributed by atoms with E-state index in [0.29, 0.717) is 0 Å². The fourth-order valence-electron chi connectivity index (χ4n) is 1.51. The molecule has 1 aromatic rings. The first-order chi connectivity index (χ1) is 9.77. The van der Waals surface area contributed by atoms with E-state index < -0.39 is 22.5 Å². The molecule has 0 N–H and O–H groups in total. The molecule has 0 spiro atoms. The van der Waals surface area contributed by atoms with Gasteiger partial charge in [-0.15, -0.1) is 0 Å². The molecule has 0 heterocycles. The van der Waals surface area contributed by atoms with Crippen molar-refractivity contribution in [3.05, 3.63) is 37.9 Å². The van der Waals surface area contributed by atoms with Crippen LogP contribution in [0.25, 0.3) is 0 Å². The normalized spacial score (nSPS) is 10.1. The topological polar surface area (TPSA) is 89.8 Å². The van der Waals surface area contributed by atoms with Crippen LogP contribution in [0.1, 0.15) is 16.8 Å². The Morgan fingerprint density at radius 1 is 1.38 bits per heavy atom. The maximum absolute atomic E-state index is 12.1. The lowest BCUT2D eigenvalue weighted by molar-refractivity contribution is -0.384. The first-order valence-corrected chi connectivity index (χ1v) is 6.49. The maximum Gasteiger partial charge on any atom is 0.307 e. The van der Waals surface area contributed by atoms with Gasteiger partial charge < -0.3 is 9.64 Å². The summed E-state index contributed by atoms with van der Waals surface area (Å²) in [5, 5.41) is 10.5. The molecule has 0 aliphatic carbocycles. The van der Waals surface area contributed by atoms with E-state index in [2.05, 4.69) is 4.74 Å². The zero-order valence-electron chi connectivity index (χ0n) is 11.3. The predicted molar refractivity (Wildman–Crippen MR) is 76.7 cm³/mol. The van der Waals surface area contributed by atoms with Gasteiger partial charge in [0, 0.05) is 25.2 Å². The van der Waals surface area contributed by atoms with Crippen molar-refractivity contribution < 1.29 is 19.2 Å². The minimum atomic E-state index is -0.723. The molecule has 0 radical (unpaired) electrons. The van der Waals surface area contributed by atoms with Gasteiger partial charge in [-0.2, -0.15) is 0 Å². The van der Waals surface area contributed by atoms with E-state index in [1.54, 1.807) is 0 Å². The van der Waals surface area contributed by atoms with E-state index >= 15 is 0 Å². The molecule has 0 unspecified atom stereocenters. The fourth-order valence-corrected chi connectivity index (χ4v) is 1.91. The van der Waals surface area contributed by atoms with E-state index in [-0.39, 0.29) is 28.6 Å². The summed E-state index contributed by atoms with van der Waals surface area (Å²) in [5.41, 5.74) is -0.433. The summed E-state index contributed by atoms with van der Waals surface area (Å²) < 4.78 is 4.47. The van der Waals surface area contributed by atoms with E-state index in [1.165, 1.54) is 25.1 Å². The molecule has 0 aliphatic rings. The van der Waals surface area contributed by atoms with Crippen molar-refractivity contribution in [2.75, 3.05) is 20.7 Å². The lowest BCUT2D eigenvalue weighted by Gasteiger charge is -2.16. The summed E-state index contributed by atoms with van der Waals surface area (Å²) >= 11 is 11.5. The van der Waals surface area contributed by atoms with E-state index in [0.717, 1.165) is 6.07 Å². The Labute approximate surface area is 130 Å². The number of ether oxygens (including phenoxy) is 1. The van der Waals surface area contributed by atoms with Gasteiger partial charge in [0.05, 0.1) is 23.5 Å². The average molecular weight is 335 g/mol. The molecule has 21 heavy (non-hydrogen) atoms. The first-order valence-electron chi connectivity index (χ1n) is 5.73. The van der Waals surface area contributed by atoms with Crippen LogP contribution in [0.5, 0.6) is 0 Å². The Bertz CT molecular complexity index is 591. The van der Waals surface area contributed by atoms with Gasteiger partial charge in [0.25, 0.3) is 11.6 Å². The number of hydrogen-bond donors (Lipinski definition) is 0. The van der Waals surface area contributed by atoms with Crippen LogP contribution in [0, 0.1) is 10.1 Å². The van der Waals surface area contributed by atoms with Crippen molar-refractivity contribution in [2.24, 2.45) is 0 Å². The van der Waals surface area contributed by atoms with Gasteiger partial charge in [0.1, 0.15) is 5.02 Å². The van der Waals surface area contributed by atoms with E-state index in [4.69, 9.17) is 23.2 Å². The second kappa shape index (κ2) is 7.24. The third-order valence-electron chi connectivity index (χ3n) is 2.68. The van der Waals surface area contributed by atoms with Crippen LogP contribution in [0.2, 0.25) is 10.0 Å². The lowest BCUT2D eigenvalue weighted by Crippen LogP contribution is -2.29. The van der Waals surface area contributed by atoms with Crippen molar-refractivity contribution in [1.29, 1.82) is 0 Å². The van der Waals surface area contributed by atoms with Crippen LogP contribution in [0.15, 0.2) is 12.1 Å². The summed E-state index contributed by atoms with van der Waals surface area (Å²) in [6.07, 6.45) is 0.0160. The SMILES string of the molecule is COC(=O)CCN(C)C(=O)c1cc(Cl)c(Cl)c([N+](=O)[O-])c1. The number of nitro benzene ring substituents is 1. The molecule has 114 valence electrons. The van der Waals surface area contributed by atoms with E-state index in [9.17, 15) is 19.7 Å². The molecule has 1 rings (SSSR count). The standard InChI is InChI=1S/C12H12Cl2N2O5/c1-15(4-3-10(17)21-2)12(18)7-5-8(13)11(14)9(6-7)16(19)20/h5-6H,3-4H2,1-2H3. The number of methoxy groups -OCH3 is 1. The number of nitrogens with zero attached hydrogens (tertiary/aromatic N) is 2. The number of carbonyl (C=O) groups excluding carboxylic acids is 2. The molecule has 0 saturated heterocycles. The summed E-state index contributed by atoms with van der Waals surface area (Å²) in [6.45, 7) is 0.111. The van der Waals surface area contributed by atoms with Crippen molar-refractivity contribution in [2.45, 2.75) is 6.42 Å². The van der Waals surface area contributed by atoms with Crippen molar-refractivity contribution >= 4 is 40.8 Å². The third-order valence-corrected chi connectivity index (χ3v) is 3.47. The highest BCUT2D eigenvalue weighted by molar-refractivity contribution is 6.43. The van der Waals surface area contributed by atoms with Crippen molar-refractivity contribution in [3.63, 3.8) is 0 Å². The highest BCUT2D eigenvalue weighted by Crippen LogP contribution is 2.33. The number of nitro groups is 1. The minimum absolute atomic E-state index is 0.0160. The first kappa shape index (κ1) is 17.2. The monoisotopic (exact) mass is 334 g/mol. The molecule has 0 bridgehead atoms. The molecule has 0 aromatic heterocycles. The molecule has 0 atom stereocenters. The van der Waals surface area contributed by atoms with Crippen molar-refractivity contribution in [3.8, 4) is 0 Å². The molecular weight excluding hydrogens is 323 g/mol. The average Bonchev–Trinajstić information content (AvgIpc) is 2.45. The number of halogens is 2. The minimum Gasteiger partial charge on any atom is -0.469 e. The fraction of sp³-hybridized carbons (Fsp3) is 0.333. The Kier molecular flexibility index (Phi) is 5.92. The van der Waals surface area contributed by atoms with Crippen molar-refractivity contribution in [1.82, 2.24) is 4.90 Å². The Morgan fingerprint density at radius 3 is 2.52 bits per heavy atom. The van der Waals surface area contributed by atoms with Gasteiger partial charge in [0.2, 0.25) is 0 Å². The summed E-state index contributed by atoms with van der Waals surface area (Å²) in [7, 11) is 2.70. The highest BCUT2D eigenvalue weighted by Gasteiger charge is 2.22. The number of carbonyl (C=O) groups is 2. The zero-order valence-corrected chi connectivity index (χ0v) is 12.8. The quantitative estimate of drug-likeness (QED) is 0.469. The zero-order chi connectivity index (χ0) is 16.2. The summed E-state index contributed by atoms with van der Waals surface area (Å²) in [6, 6.07) is 2.29. The largest absolute Gasteiger partial charge is 0.469 e. The Hall–Kier alpha value is -1.86. The maximum atomic E-state index is 12.1. The van der Waals surface area contributed by atoms with Crippen LogP contribution in [0.3, 0.4) is 0 Å². The molecule has 1 aromatic carbocycles. The van der Waals surface area contributed by atoms with Gasteiger partial charge >= 0.3 is 5.97 Å². The molecule has 0 saturated carbocycles. The Morgan fingerprint density at radius 2 is 2.00 bits per heavy atom. The van der Waals surface area contributed by atoms with Crippen LogP contribution >= 0.6 is 23.2 Å². The van der Waals surface area contributed by atoms with Crippen LogP contribution in [-0.4, -0.2) is 42.4 Å². The summed E-state index contributed by atoms with van der Waals surface area (Å²) in [4.78, 5) is 34.5. The smallest absolute Gasteiger partial charge is 0.307 e. The van der Waals surface area contributed by atoms with Crippen LogP contribution in [-0.2, 0) is 9.53 Å². The number of benzene rings is 1. The molecule has 1 amide bonds. The number of rotatable bonds is 5. The van der Waals surface area contributed by atoms with Gasteiger partial charge in [-0.3, -0.25) is 19.7 Å². The van der Waals surface area contributed by atoms with Gasteiger partial charge in [-0.25, -0.2) is 0 Å². The number of hydrogen-bond acceptors (Lipinski definition) is 5. The molecule has 9 heteroatoms. The second-order valence-electron chi connectivity index (χ2n) is 4.10. The van der Waals surface area contributed by atoms with Gasteiger partial charge in [-0.1, -0.05) is 23.2 Å². The second-order valence-corrected chi connectivity index (χ2v) is 4.89. The Balaban J connectivity index is 2.97.